The zero-order chi connectivity index (χ0) is 15.3. The molecule has 0 radical (unpaired) electrons. The van der Waals surface area contributed by atoms with E-state index < -0.39 is 0 Å². The number of anilines is 1. The van der Waals surface area contributed by atoms with Crippen LogP contribution in [0.5, 0.6) is 5.75 Å². The monoisotopic (exact) mass is 283 g/mol. The predicted octanol–water partition coefficient (Wildman–Crippen LogP) is 4.58. The highest BCUT2D eigenvalue weighted by Crippen LogP contribution is 2.30. The van der Waals surface area contributed by atoms with Crippen molar-refractivity contribution >= 4 is 5.69 Å². The van der Waals surface area contributed by atoms with Gasteiger partial charge in [0.2, 0.25) is 0 Å². The molecule has 0 bridgehead atoms. The second-order valence-corrected chi connectivity index (χ2v) is 6.44. The van der Waals surface area contributed by atoms with Crippen LogP contribution in [0.1, 0.15) is 38.3 Å². The van der Waals surface area contributed by atoms with Gasteiger partial charge in [-0.15, -0.1) is 0 Å². The topological polar surface area (TPSA) is 35.2 Å². The van der Waals surface area contributed by atoms with Gasteiger partial charge in [-0.2, -0.15) is 0 Å². The first kappa shape index (κ1) is 15.4. The Balaban J connectivity index is 1.90. The first-order valence-electron chi connectivity index (χ1n) is 7.53. The molecule has 0 aromatic heterocycles. The molecule has 2 nitrogen and oxygen atoms in total. The van der Waals surface area contributed by atoms with E-state index in [1.165, 1.54) is 11.1 Å². The Hall–Kier alpha value is -1.96. The fraction of sp³-hybridized carbons (Fsp3) is 0.368. The molecule has 2 aromatic rings. The third-order valence-electron chi connectivity index (χ3n) is 3.51. The normalized spacial score (nSPS) is 11.4. The number of rotatable bonds is 5. The fourth-order valence-electron chi connectivity index (χ4n) is 2.42. The van der Waals surface area contributed by atoms with Crippen molar-refractivity contribution in [3.63, 3.8) is 0 Å². The Morgan fingerprint density at radius 2 is 1.76 bits per heavy atom. The Morgan fingerprint density at radius 1 is 1.00 bits per heavy atom. The van der Waals surface area contributed by atoms with Gasteiger partial charge in [0.15, 0.2) is 0 Å². The van der Waals surface area contributed by atoms with Crippen LogP contribution in [-0.2, 0) is 11.8 Å². The molecule has 0 aliphatic heterocycles. The summed E-state index contributed by atoms with van der Waals surface area (Å²) in [6.07, 6.45) is 1.98. The minimum atomic E-state index is 0.102. The van der Waals surface area contributed by atoms with Crippen LogP contribution in [0.3, 0.4) is 0 Å². The van der Waals surface area contributed by atoms with Gasteiger partial charge in [0.05, 0.1) is 6.61 Å². The molecule has 0 saturated carbocycles. The molecule has 0 amide bonds. The van der Waals surface area contributed by atoms with Crippen LogP contribution in [0.25, 0.3) is 0 Å². The van der Waals surface area contributed by atoms with E-state index in [0.717, 1.165) is 30.9 Å². The highest BCUT2D eigenvalue weighted by molar-refractivity contribution is 5.40. The third-order valence-corrected chi connectivity index (χ3v) is 3.51. The first-order valence-corrected chi connectivity index (χ1v) is 7.53. The molecule has 0 unspecified atom stereocenters. The minimum Gasteiger partial charge on any atom is -0.493 e. The lowest BCUT2D eigenvalue weighted by molar-refractivity contribution is 0.302. The maximum atomic E-state index is 5.98. The second-order valence-electron chi connectivity index (χ2n) is 6.44. The number of hydrogen-bond acceptors (Lipinski definition) is 2. The molecule has 0 aliphatic rings. The van der Waals surface area contributed by atoms with Crippen molar-refractivity contribution in [1.82, 2.24) is 0 Å². The van der Waals surface area contributed by atoms with E-state index in [9.17, 15) is 0 Å². The molecule has 2 heteroatoms. The van der Waals surface area contributed by atoms with E-state index in [4.69, 9.17) is 10.5 Å². The quantitative estimate of drug-likeness (QED) is 0.644. The highest BCUT2D eigenvalue weighted by atomic mass is 16.5. The van der Waals surface area contributed by atoms with Crippen molar-refractivity contribution in [2.75, 3.05) is 12.3 Å². The summed E-state index contributed by atoms with van der Waals surface area (Å²) in [6.45, 7) is 7.35. The third kappa shape index (κ3) is 4.52. The van der Waals surface area contributed by atoms with Crippen molar-refractivity contribution in [1.29, 1.82) is 0 Å². The SMILES string of the molecule is CC(C)(C)c1ccccc1OCCCc1cccc(N)c1. The maximum absolute atomic E-state index is 5.98. The van der Waals surface area contributed by atoms with Crippen molar-refractivity contribution < 1.29 is 4.74 Å². The van der Waals surface area contributed by atoms with E-state index >= 15 is 0 Å². The molecule has 0 heterocycles. The summed E-state index contributed by atoms with van der Waals surface area (Å²) in [5, 5.41) is 0. The van der Waals surface area contributed by atoms with Crippen LogP contribution in [0.4, 0.5) is 5.69 Å². The predicted molar refractivity (Wildman–Crippen MR) is 89.8 cm³/mol. The molecule has 0 aliphatic carbocycles. The molecule has 2 N–H and O–H groups in total. The average molecular weight is 283 g/mol. The lowest BCUT2D eigenvalue weighted by Crippen LogP contribution is -2.13. The summed E-state index contributed by atoms with van der Waals surface area (Å²) in [4.78, 5) is 0. The molecule has 0 atom stereocenters. The van der Waals surface area contributed by atoms with Crippen molar-refractivity contribution in [2.24, 2.45) is 0 Å². The van der Waals surface area contributed by atoms with Crippen LogP contribution < -0.4 is 10.5 Å². The summed E-state index contributed by atoms with van der Waals surface area (Å²) < 4.78 is 5.98. The lowest BCUT2D eigenvalue weighted by Gasteiger charge is -2.22. The van der Waals surface area contributed by atoms with Crippen LogP contribution in [0.2, 0.25) is 0 Å². The second kappa shape index (κ2) is 6.66. The summed E-state index contributed by atoms with van der Waals surface area (Å²) in [5.41, 5.74) is 9.24. The number of hydrogen-bond donors (Lipinski definition) is 1. The Kier molecular flexibility index (Phi) is 4.89. The van der Waals surface area contributed by atoms with Crippen LogP contribution >= 0.6 is 0 Å². The van der Waals surface area contributed by atoms with Gasteiger partial charge in [-0.1, -0.05) is 51.1 Å². The lowest BCUT2D eigenvalue weighted by atomic mass is 9.86. The average Bonchev–Trinajstić information content (AvgIpc) is 2.43. The summed E-state index contributed by atoms with van der Waals surface area (Å²) in [6, 6.07) is 16.4. The van der Waals surface area contributed by atoms with Gasteiger partial charge >= 0.3 is 0 Å². The highest BCUT2D eigenvalue weighted by Gasteiger charge is 2.18. The molecule has 0 spiro atoms. The number of nitrogens with two attached hydrogens (primary N) is 1. The molecular formula is C19H25NO. The van der Waals surface area contributed by atoms with Crippen LogP contribution in [0, 0.1) is 0 Å². The van der Waals surface area contributed by atoms with Gasteiger partial charge in [-0.05, 0) is 47.6 Å². The van der Waals surface area contributed by atoms with Gasteiger partial charge in [0.1, 0.15) is 5.75 Å². The molecule has 0 saturated heterocycles. The standard InChI is InChI=1S/C19H25NO/c1-19(2,3)17-11-4-5-12-18(17)21-13-7-9-15-8-6-10-16(20)14-15/h4-6,8,10-12,14H,7,9,13,20H2,1-3H3. The molecular weight excluding hydrogens is 258 g/mol. The Morgan fingerprint density at radius 3 is 2.48 bits per heavy atom. The zero-order valence-corrected chi connectivity index (χ0v) is 13.2. The van der Waals surface area contributed by atoms with Gasteiger partial charge in [-0.3, -0.25) is 0 Å². The zero-order valence-electron chi connectivity index (χ0n) is 13.2. The largest absolute Gasteiger partial charge is 0.493 e. The molecule has 2 aromatic carbocycles. The van der Waals surface area contributed by atoms with Crippen molar-refractivity contribution in [2.45, 2.75) is 39.0 Å². The molecule has 2 rings (SSSR count). The van der Waals surface area contributed by atoms with E-state index in [1.807, 2.05) is 24.3 Å². The van der Waals surface area contributed by atoms with Crippen LogP contribution in [-0.4, -0.2) is 6.61 Å². The van der Waals surface area contributed by atoms with E-state index in [2.05, 4.69) is 45.0 Å². The molecule has 0 fully saturated rings. The number of aryl methyl sites for hydroxylation is 1. The molecule has 112 valence electrons. The maximum Gasteiger partial charge on any atom is 0.123 e. The van der Waals surface area contributed by atoms with Gasteiger partial charge in [0, 0.05) is 5.69 Å². The van der Waals surface area contributed by atoms with Crippen molar-refractivity contribution in [3.05, 3.63) is 59.7 Å². The Labute approximate surface area is 127 Å². The minimum absolute atomic E-state index is 0.102. The number of ether oxygens (including phenoxy) is 1. The van der Waals surface area contributed by atoms with E-state index in [1.54, 1.807) is 0 Å². The van der Waals surface area contributed by atoms with Crippen LogP contribution in [0.15, 0.2) is 48.5 Å². The summed E-state index contributed by atoms with van der Waals surface area (Å²) in [5.74, 6) is 0.998. The number of nitrogen functional groups attached to an aromatic ring is 1. The number of benzene rings is 2. The first-order chi connectivity index (χ1) is 9.97. The summed E-state index contributed by atoms with van der Waals surface area (Å²) >= 11 is 0. The van der Waals surface area contributed by atoms with Crippen molar-refractivity contribution in [3.8, 4) is 5.75 Å². The van der Waals surface area contributed by atoms with Gasteiger partial charge in [-0.25, -0.2) is 0 Å². The Bertz CT molecular complexity index is 584. The van der Waals surface area contributed by atoms with E-state index in [-0.39, 0.29) is 5.41 Å². The van der Waals surface area contributed by atoms with Gasteiger partial charge < -0.3 is 10.5 Å². The summed E-state index contributed by atoms with van der Waals surface area (Å²) in [7, 11) is 0. The molecule has 21 heavy (non-hydrogen) atoms. The fourth-order valence-corrected chi connectivity index (χ4v) is 2.42. The van der Waals surface area contributed by atoms with Gasteiger partial charge in [0.25, 0.3) is 0 Å². The number of para-hydroxylation sites is 1. The van der Waals surface area contributed by atoms with E-state index in [0.29, 0.717) is 0 Å². The smallest absolute Gasteiger partial charge is 0.123 e.